The van der Waals surface area contributed by atoms with Crippen LogP contribution in [0.4, 0.5) is 0 Å². The number of nitrogens with one attached hydrogen (secondary N) is 1. The van der Waals surface area contributed by atoms with Gasteiger partial charge in [-0.2, -0.15) is 0 Å². The zero-order valence-electron chi connectivity index (χ0n) is 18.0. The Morgan fingerprint density at radius 1 is 0.882 bits per heavy atom. The van der Waals surface area contributed by atoms with E-state index in [0.717, 1.165) is 34.0 Å². The summed E-state index contributed by atoms with van der Waals surface area (Å²) in [5.41, 5.74) is 3.22. The van der Waals surface area contributed by atoms with Gasteiger partial charge in [-0.1, -0.05) is 90.3 Å². The fourth-order valence-electron chi connectivity index (χ4n) is 3.90. The molecule has 0 radical (unpaired) electrons. The van der Waals surface area contributed by atoms with Crippen molar-refractivity contribution in [3.63, 3.8) is 0 Å². The van der Waals surface area contributed by atoms with Crippen LogP contribution >= 0.6 is 11.8 Å². The Morgan fingerprint density at radius 3 is 2.38 bits per heavy atom. The molecule has 0 amide bonds. The normalized spacial score (nSPS) is 11.9. The van der Waals surface area contributed by atoms with E-state index in [0.29, 0.717) is 4.90 Å². The summed E-state index contributed by atoms with van der Waals surface area (Å²) in [4.78, 5) is 17.5. The standard InChI is InChI=1S/C27H21N3O3S/c31-22-13-4-5-14-23(22)34-25-26(32)29-30(27(25)33)24(18-8-2-1-3-9-18)20-11-6-10-19(16-20)21-12-7-15-28-17-21/h1-17,24,31,33H,(H,29,32)/p-1. The van der Waals surface area contributed by atoms with Crippen molar-refractivity contribution in [2.75, 3.05) is 0 Å². The Bertz CT molecular complexity index is 1480. The Kier molecular flexibility index (Phi) is 5.93. The first-order valence-corrected chi connectivity index (χ1v) is 11.5. The Hall–Kier alpha value is -4.23. The van der Waals surface area contributed by atoms with Crippen LogP contribution in [-0.2, 0) is 0 Å². The highest BCUT2D eigenvalue weighted by Gasteiger charge is 2.24. The molecule has 0 aliphatic rings. The van der Waals surface area contributed by atoms with Crippen LogP contribution in [0.1, 0.15) is 17.2 Å². The maximum Gasteiger partial charge on any atom is 0.282 e. The molecule has 3 aromatic carbocycles. The lowest BCUT2D eigenvalue weighted by atomic mass is 9.95. The smallest absolute Gasteiger partial charge is 0.282 e. The van der Waals surface area contributed by atoms with Crippen molar-refractivity contribution >= 4 is 11.8 Å². The summed E-state index contributed by atoms with van der Waals surface area (Å²) in [7, 11) is 0. The highest BCUT2D eigenvalue weighted by Crippen LogP contribution is 2.39. The quantitative estimate of drug-likeness (QED) is 0.375. The van der Waals surface area contributed by atoms with Crippen LogP contribution in [0.2, 0.25) is 0 Å². The van der Waals surface area contributed by atoms with Gasteiger partial charge < -0.3 is 10.2 Å². The monoisotopic (exact) mass is 466 g/mol. The second-order valence-corrected chi connectivity index (χ2v) is 8.75. The molecule has 1 atom stereocenters. The summed E-state index contributed by atoms with van der Waals surface area (Å²) in [6.07, 6.45) is 3.52. The highest BCUT2D eigenvalue weighted by atomic mass is 32.2. The molecule has 0 saturated carbocycles. The third kappa shape index (κ3) is 4.21. The van der Waals surface area contributed by atoms with Crippen molar-refractivity contribution < 1.29 is 10.2 Å². The number of hydrogen-bond acceptors (Lipinski definition) is 5. The number of H-pyrrole nitrogens is 1. The van der Waals surface area contributed by atoms with E-state index in [1.807, 2.05) is 66.7 Å². The molecule has 0 aliphatic carbocycles. The molecular weight excluding hydrogens is 446 g/mol. The predicted octanol–water partition coefficient (Wildman–Crippen LogP) is 4.81. The van der Waals surface area contributed by atoms with E-state index >= 15 is 0 Å². The molecule has 7 heteroatoms. The third-order valence-corrected chi connectivity index (χ3v) is 6.62. The molecule has 1 unspecified atom stereocenters. The zero-order chi connectivity index (χ0) is 23.5. The van der Waals surface area contributed by atoms with E-state index in [1.165, 1.54) is 10.7 Å². The average molecular weight is 467 g/mol. The van der Waals surface area contributed by atoms with E-state index < -0.39 is 11.6 Å². The van der Waals surface area contributed by atoms with Crippen molar-refractivity contribution in [3.8, 4) is 22.8 Å². The van der Waals surface area contributed by atoms with Crippen molar-refractivity contribution in [2.45, 2.75) is 15.8 Å². The number of benzene rings is 3. The lowest BCUT2D eigenvalue weighted by molar-refractivity contribution is -0.272. The lowest BCUT2D eigenvalue weighted by Crippen LogP contribution is -2.16. The van der Waals surface area contributed by atoms with Gasteiger partial charge in [-0.05, 0) is 40.5 Å². The first kappa shape index (κ1) is 21.6. The van der Waals surface area contributed by atoms with Crippen molar-refractivity contribution in [3.05, 3.63) is 125 Å². The van der Waals surface area contributed by atoms with Crippen LogP contribution in [0, 0.1) is 0 Å². The van der Waals surface area contributed by atoms with Crippen molar-refractivity contribution in [1.82, 2.24) is 14.8 Å². The maximum atomic E-state index is 12.9. The summed E-state index contributed by atoms with van der Waals surface area (Å²) in [5, 5.41) is 26.1. The molecule has 2 aromatic heterocycles. The van der Waals surface area contributed by atoms with Gasteiger partial charge in [-0.3, -0.25) is 14.9 Å². The minimum absolute atomic E-state index is 0.0765. The predicted molar refractivity (Wildman–Crippen MR) is 130 cm³/mol. The summed E-state index contributed by atoms with van der Waals surface area (Å²) in [6.45, 7) is 0. The molecule has 2 N–H and O–H groups in total. The number of aromatic hydroxyl groups is 1. The molecule has 5 aromatic rings. The van der Waals surface area contributed by atoms with Crippen molar-refractivity contribution in [2.24, 2.45) is 0 Å². The summed E-state index contributed by atoms with van der Waals surface area (Å²) < 4.78 is 1.45. The number of aromatic nitrogens is 3. The van der Waals surface area contributed by atoms with E-state index in [-0.39, 0.29) is 16.5 Å². The van der Waals surface area contributed by atoms with Crippen LogP contribution in [0.25, 0.3) is 11.1 Å². The molecule has 34 heavy (non-hydrogen) atoms. The fraction of sp³-hybridized carbons (Fsp3) is 0.0370. The summed E-state index contributed by atoms with van der Waals surface area (Å²) in [5.74, 6) is -0.429. The van der Waals surface area contributed by atoms with Crippen LogP contribution < -0.4 is 10.7 Å². The zero-order valence-corrected chi connectivity index (χ0v) is 18.8. The number of pyridine rings is 1. The Labute approximate surface area is 200 Å². The van der Waals surface area contributed by atoms with Gasteiger partial charge in [-0.15, -0.1) is 0 Å². The van der Waals surface area contributed by atoms with Crippen LogP contribution in [-0.4, -0.2) is 19.9 Å². The van der Waals surface area contributed by atoms with Crippen molar-refractivity contribution in [1.29, 1.82) is 0 Å². The van der Waals surface area contributed by atoms with Gasteiger partial charge in [0.1, 0.15) is 10.9 Å². The average Bonchev–Trinajstić information content (AvgIpc) is 3.15. The summed E-state index contributed by atoms with van der Waals surface area (Å²) >= 11 is 0.961. The number of rotatable bonds is 6. The van der Waals surface area contributed by atoms with E-state index in [4.69, 9.17) is 0 Å². The molecule has 0 aliphatic heterocycles. The molecule has 0 bridgehead atoms. The molecule has 5 rings (SSSR count). The molecule has 0 spiro atoms. The Balaban J connectivity index is 1.63. The summed E-state index contributed by atoms with van der Waals surface area (Å²) in [6, 6.07) is 27.3. The second-order valence-electron chi connectivity index (χ2n) is 7.69. The second kappa shape index (κ2) is 9.33. The van der Waals surface area contributed by atoms with Gasteiger partial charge in [0.25, 0.3) is 5.56 Å². The van der Waals surface area contributed by atoms with E-state index in [2.05, 4.69) is 10.1 Å². The number of hydrogen-bond donors (Lipinski definition) is 2. The molecule has 2 heterocycles. The van der Waals surface area contributed by atoms with Gasteiger partial charge >= 0.3 is 0 Å². The molecule has 0 saturated heterocycles. The SMILES string of the molecule is O=c1[nH]n(C(c2ccccc2)c2cccc(-c3cccnc3)c2)c(O)c1Sc1ccccc1[O-]. The lowest BCUT2D eigenvalue weighted by Gasteiger charge is -2.21. The fourth-order valence-corrected chi connectivity index (χ4v) is 4.76. The van der Waals surface area contributed by atoms with Gasteiger partial charge in [-0.25, -0.2) is 4.68 Å². The number of para-hydroxylation sites is 1. The topological polar surface area (TPSA) is 94.0 Å². The van der Waals surface area contributed by atoms with Gasteiger partial charge in [0.05, 0.1) is 0 Å². The number of nitrogens with zero attached hydrogens (tertiary/aromatic N) is 2. The van der Waals surface area contributed by atoms with Crippen LogP contribution in [0.5, 0.6) is 11.6 Å². The first-order chi connectivity index (χ1) is 16.6. The van der Waals surface area contributed by atoms with E-state index in [1.54, 1.807) is 30.6 Å². The molecular formula is C27H20N3O3S-. The van der Waals surface area contributed by atoms with Gasteiger partial charge in [0.15, 0.2) is 0 Å². The minimum atomic E-state index is -0.498. The van der Waals surface area contributed by atoms with Gasteiger partial charge in [0, 0.05) is 17.3 Å². The van der Waals surface area contributed by atoms with Gasteiger partial charge in [0.2, 0.25) is 5.88 Å². The Morgan fingerprint density at radius 2 is 1.62 bits per heavy atom. The third-order valence-electron chi connectivity index (χ3n) is 5.49. The molecule has 168 valence electrons. The van der Waals surface area contributed by atoms with Crippen LogP contribution in [0.15, 0.2) is 118 Å². The number of aromatic amines is 1. The largest absolute Gasteiger partial charge is 0.872 e. The maximum absolute atomic E-state index is 12.9. The molecule has 6 nitrogen and oxygen atoms in total. The first-order valence-electron chi connectivity index (χ1n) is 10.6. The minimum Gasteiger partial charge on any atom is -0.872 e. The van der Waals surface area contributed by atoms with Crippen LogP contribution in [0.3, 0.4) is 0 Å². The molecule has 0 fully saturated rings. The highest BCUT2D eigenvalue weighted by molar-refractivity contribution is 7.99. The van der Waals surface area contributed by atoms with E-state index in [9.17, 15) is 15.0 Å².